The van der Waals surface area contributed by atoms with Crippen LogP contribution in [0.1, 0.15) is 56.2 Å². The molecule has 1 atom stereocenters. The third-order valence-corrected chi connectivity index (χ3v) is 3.68. The van der Waals surface area contributed by atoms with Gasteiger partial charge in [0.15, 0.2) is 0 Å². The Bertz CT molecular complexity index is 369. The van der Waals surface area contributed by atoms with Gasteiger partial charge in [-0.05, 0) is 58.8 Å². The number of hydrogen-bond acceptors (Lipinski definition) is 2. The fourth-order valence-electron chi connectivity index (χ4n) is 2.74. The highest BCUT2D eigenvalue weighted by Crippen LogP contribution is 2.22. The Morgan fingerprint density at radius 3 is 2.82 bits per heavy atom. The fourth-order valence-corrected chi connectivity index (χ4v) is 2.74. The van der Waals surface area contributed by atoms with Crippen molar-refractivity contribution in [1.82, 2.24) is 9.55 Å². The minimum absolute atomic E-state index is 0.159. The molecule has 0 spiro atoms. The molecule has 0 amide bonds. The lowest BCUT2D eigenvalue weighted by molar-refractivity contribution is 0.180. The van der Waals surface area contributed by atoms with Gasteiger partial charge >= 0.3 is 0 Å². The van der Waals surface area contributed by atoms with E-state index in [2.05, 4.69) is 16.5 Å². The van der Waals surface area contributed by atoms with Crippen LogP contribution in [-0.2, 0) is 19.4 Å². The molecule has 0 aliphatic heterocycles. The molecule has 0 aromatic carbocycles. The molecule has 3 nitrogen and oxygen atoms in total. The van der Waals surface area contributed by atoms with Crippen LogP contribution in [0.3, 0.4) is 0 Å². The summed E-state index contributed by atoms with van der Waals surface area (Å²) in [4.78, 5) is 4.68. The molecular weight excluding hydrogens is 212 g/mol. The third kappa shape index (κ3) is 3.09. The maximum Gasteiger partial charge on any atom is 0.106 e. The first-order chi connectivity index (χ1) is 8.18. The van der Waals surface area contributed by atoms with E-state index in [1.807, 2.05) is 6.92 Å². The first-order valence-corrected chi connectivity index (χ1v) is 6.91. The number of aromatic nitrogens is 2. The minimum Gasteiger partial charge on any atom is -0.393 e. The predicted molar refractivity (Wildman–Crippen MR) is 69.1 cm³/mol. The maximum absolute atomic E-state index is 9.24. The van der Waals surface area contributed by atoms with Gasteiger partial charge in [-0.1, -0.05) is 0 Å². The Hall–Kier alpha value is -0.830. The molecule has 17 heavy (non-hydrogen) atoms. The SMILES string of the molecule is Cc1nc2c(n1CCCCC(C)O)CCCC2. The predicted octanol–water partition coefficient (Wildman–Crippen LogP) is 2.62. The normalized spacial score (nSPS) is 16.9. The van der Waals surface area contributed by atoms with Gasteiger partial charge in [-0.3, -0.25) is 0 Å². The Labute approximate surface area is 104 Å². The van der Waals surface area contributed by atoms with E-state index in [4.69, 9.17) is 0 Å². The van der Waals surface area contributed by atoms with Crippen LogP contribution in [0.25, 0.3) is 0 Å². The third-order valence-electron chi connectivity index (χ3n) is 3.68. The topological polar surface area (TPSA) is 38.0 Å². The molecule has 0 saturated heterocycles. The first-order valence-electron chi connectivity index (χ1n) is 6.91. The van der Waals surface area contributed by atoms with Gasteiger partial charge in [0, 0.05) is 12.2 Å². The molecule has 1 aliphatic rings. The van der Waals surface area contributed by atoms with E-state index in [1.165, 1.54) is 36.5 Å². The van der Waals surface area contributed by atoms with Gasteiger partial charge in [0.25, 0.3) is 0 Å². The monoisotopic (exact) mass is 236 g/mol. The first kappa shape index (κ1) is 12.6. The van der Waals surface area contributed by atoms with Crippen LogP contribution in [0, 0.1) is 6.92 Å². The second-order valence-electron chi connectivity index (χ2n) is 5.26. The van der Waals surface area contributed by atoms with Crippen molar-refractivity contribution in [3.63, 3.8) is 0 Å². The molecular formula is C14H24N2O. The Morgan fingerprint density at radius 1 is 1.29 bits per heavy atom. The molecule has 1 aromatic rings. The molecule has 1 unspecified atom stereocenters. The molecule has 1 heterocycles. The van der Waals surface area contributed by atoms with Crippen LogP contribution >= 0.6 is 0 Å². The average Bonchev–Trinajstić information content (AvgIpc) is 2.60. The van der Waals surface area contributed by atoms with Crippen LogP contribution in [-0.4, -0.2) is 20.8 Å². The zero-order chi connectivity index (χ0) is 12.3. The summed E-state index contributed by atoms with van der Waals surface area (Å²) in [7, 11) is 0. The molecule has 2 rings (SSSR count). The van der Waals surface area contributed by atoms with Crippen LogP contribution in [0.2, 0.25) is 0 Å². The molecule has 0 fully saturated rings. The summed E-state index contributed by atoms with van der Waals surface area (Å²) in [5, 5.41) is 9.24. The van der Waals surface area contributed by atoms with Gasteiger partial charge in [0.2, 0.25) is 0 Å². The molecule has 96 valence electrons. The van der Waals surface area contributed by atoms with Crippen LogP contribution in [0.5, 0.6) is 0 Å². The lowest BCUT2D eigenvalue weighted by Crippen LogP contribution is -2.10. The van der Waals surface area contributed by atoms with Gasteiger partial charge in [0.05, 0.1) is 11.8 Å². The summed E-state index contributed by atoms with van der Waals surface area (Å²) in [6.45, 7) is 5.05. The minimum atomic E-state index is -0.159. The number of aliphatic hydroxyl groups excluding tert-OH is 1. The summed E-state index contributed by atoms with van der Waals surface area (Å²) < 4.78 is 2.40. The van der Waals surface area contributed by atoms with E-state index in [0.717, 1.165) is 32.2 Å². The van der Waals surface area contributed by atoms with E-state index < -0.39 is 0 Å². The number of aryl methyl sites for hydroxylation is 2. The van der Waals surface area contributed by atoms with Crippen LogP contribution in [0.15, 0.2) is 0 Å². The standard InChI is InChI=1S/C14H24N2O/c1-11(17)7-5-6-10-16-12(2)15-13-8-3-4-9-14(13)16/h11,17H,3-10H2,1-2H3. The second-order valence-corrected chi connectivity index (χ2v) is 5.26. The van der Waals surface area contributed by atoms with Crippen molar-refractivity contribution in [3.05, 3.63) is 17.2 Å². The number of hydrogen-bond donors (Lipinski definition) is 1. The second kappa shape index (κ2) is 5.67. The van der Waals surface area contributed by atoms with Crippen molar-refractivity contribution in [2.75, 3.05) is 0 Å². The highest BCUT2D eigenvalue weighted by atomic mass is 16.3. The molecule has 0 radical (unpaired) electrons. The van der Waals surface area contributed by atoms with Crippen molar-refractivity contribution in [2.24, 2.45) is 0 Å². The summed E-state index contributed by atoms with van der Waals surface area (Å²) in [6, 6.07) is 0. The van der Waals surface area contributed by atoms with E-state index >= 15 is 0 Å². The number of nitrogens with zero attached hydrogens (tertiary/aromatic N) is 2. The van der Waals surface area contributed by atoms with Gasteiger partial charge in [-0.15, -0.1) is 0 Å². The Kier molecular flexibility index (Phi) is 4.21. The van der Waals surface area contributed by atoms with Crippen LogP contribution < -0.4 is 0 Å². The molecule has 0 saturated carbocycles. The van der Waals surface area contributed by atoms with Crippen molar-refractivity contribution in [1.29, 1.82) is 0 Å². The van der Waals surface area contributed by atoms with Crippen molar-refractivity contribution >= 4 is 0 Å². The highest BCUT2D eigenvalue weighted by molar-refractivity contribution is 5.19. The van der Waals surface area contributed by atoms with E-state index in [9.17, 15) is 5.11 Å². The Morgan fingerprint density at radius 2 is 2.06 bits per heavy atom. The molecule has 3 heteroatoms. The quantitative estimate of drug-likeness (QED) is 0.798. The molecule has 1 N–H and O–H groups in total. The van der Waals surface area contributed by atoms with E-state index in [0.29, 0.717) is 0 Å². The van der Waals surface area contributed by atoms with Gasteiger partial charge in [-0.25, -0.2) is 4.98 Å². The number of unbranched alkanes of at least 4 members (excludes halogenated alkanes) is 1. The fraction of sp³-hybridized carbons (Fsp3) is 0.786. The molecule has 1 aliphatic carbocycles. The van der Waals surface area contributed by atoms with E-state index in [-0.39, 0.29) is 6.10 Å². The Balaban J connectivity index is 1.93. The van der Waals surface area contributed by atoms with Crippen molar-refractivity contribution in [3.8, 4) is 0 Å². The smallest absolute Gasteiger partial charge is 0.106 e. The van der Waals surface area contributed by atoms with Gasteiger partial charge < -0.3 is 9.67 Å². The zero-order valence-electron chi connectivity index (χ0n) is 11.1. The van der Waals surface area contributed by atoms with Gasteiger partial charge in [0.1, 0.15) is 5.82 Å². The number of aliphatic hydroxyl groups is 1. The van der Waals surface area contributed by atoms with Crippen molar-refractivity contribution in [2.45, 2.75) is 71.4 Å². The summed E-state index contributed by atoms with van der Waals surface area (Å²) >= 11 is 0. The lowest BCUT2D eigenvalue weighted by Gasteiger charge is -2.14. The maximum atomic E-state index is 9.24. The number of fused-ring (bicyclic) bond motifs is 1. The van der Waals surface area contributed by atoms with Crippen LogP contribution in [0.4, 0.5) is 0 Å². The lowest BCUT2D eigenvalue weighted by atomic mass is 10.0. The van der Waals surface area contributed by atoms with Gasteiger partial charge in [-0.2, -0.15) is 0 Å². The largest absolute Gasteiger partial charge is 0.393 e. The summed E-state index contributed by atoms with van der Waals surface area (Å²) in [5.41, 5.74) is 2.81. The zero-order valence-corrected chi connectivity index (χ0v) is 11.1. The number of rotatable bonds is 5. The highest BCUT2D eigenvalue weighted by Gasteiger charge is 2.17. The average molecular weight is 236 g/mol. The number of imidazole rings is 1. The van der Waals surface area contributed by atoms with E-state index in [1.54, 1.807) is 0 Å². The summed E-state index contributed by atoms with van der Waals surface area (Å²) in [5.74, 6) is 1.17. The molecule has 1 aromatic heterocycles. The molecule has 0 bridgehead atoms. The summed E-state index contributed by atoms with van der Waals surface area (Å²) in [6.07, 6.45) is 7.97. The van der Waals surface area contributed by atoms with Crippen molar-refractivity contribution < 1.29 is 5.11 Å².